The molecule has 0 unspecified atom stereocenters. The minimum atomic E-state index is -3.52. The summed E-state index contributed by atoms with van der Waals surface area (Å²) in [4.78, 5) is 24.2. The summed E-state index contributed by atoms with van der Waals surface area (Å²) in [5, 5.41) is 0. The fraction of sp³-hybridized carbons (Fsp3) is 0.263. The Balaban J connectivity index is 1.95. The van der Waals surface area contributed by atoms with Gasteiger partial charge < -0.3 is 4.74 Å². The second-order valence-corrected chi connectivity index (χ2v) is 9.28. The Kier molecular flexibility index (Phi) is 7.94. The summed E-state index contributed by atoms with van der Waals surface area (Å²) >= 11 is 6.88. The summed E-state index contributed by atoms with van der Waals surface area (Å²) in [7, 11) is -3.52. The van der Waals surface area contributed by atoms with E-state index in [0.717, 1.165) is 11.3 Å². The molecule has 2 rings (SSSR count). The van der Waals surface area contributed by atoms with Crippen molar-refractivity contribution in [3.8, 4) is 0 Å². The van der Waals surface area contributed by atoms with Crippen LogP contribution in [-0.4, -0.2) is 44.2 Å². The van der Waals surface area contributed by atoms with E-state index in [-0.39, 0.29) is 17.3 Å². The zero-order valence-electron chi connectivity index (χ0n) is 15.4. The Morgan fingerprint density at radius 3 is 2.29 bits per heavy atom. The molecule has 0 N–H and O–H groups in total. The van der Waals surface area contributed by atoms with E-state index in [0.29, 0.717) is 27.9 Å². The molecular weight excluding hydrogens is 422 g/mol. The number of esters is 1. The molecule has 1 aromatic carbocycles. The van der Waals surface area contributed by atoms with Crippen LogP contribution < -0.4 is 0 Å². The van der Waals surface area contributed by atoms with Gasteiger partial charge in [-0.15, -0.1) is 11.3 Å². The molecule has 0 saturated carbocycles. The molecule has 6 nitrogen and oxygen atoms in total. The predicted octanol–water partition coefficient (Wildman–Crippen LogP) is 3.87. The van der Waals surface area contributed by atoms with Gasteiger partial charge in [0.2, 0.25) is 15.8 Å². The summed E-state index contributed by atoms with van der Waals surface area (Å²) in [5.74, 6) is -1.000. The standard InChI is InChI=1S/C19H20ClNO5S2/c1-3-21(4-2)28(24,25)15-8-5-14(6-9-15)7-12-19(23)26-13-16(22)17-10-11-18(20)27-17/h5-12H,3-4,13H2,1-2H3/b12-7+. The van der Waals surface area contributed by atoms with Crippen LogP contribution in [0, 0.1) is 0 Å². The number of Topliss-reactive ketones (excluding diaryl/α,β-unsaturated/α-hetero) is 1. The lowest BCUT2D eigenvalue weighted by Crippen LogP contribution is -2.30. The molecule has 0 fully saturated rings. The van der Waals surface area contributed by atoms with Crippen molar-refractivity contribution in [2.24, 2.45) is 0 Å². The third-order valence-corrected chi connectivity index (χ3v) is 7.17. The number of sulfonamides is 1. The molecule has 28 heavy (non-hydrogen) atoms. The van der Waals surface area contributed by atoms with Gasteiger partial charge in [-0.2, -0.15) is 4.31 Å². The van der Waals surface area contributed by atoms with E-state index in [1.807, 2.05) is 0 Å². The fourth-order valence-electron chi connectivity index (χ4n) is 2.35. The molecule has 0 aliphatic heterocycles. The van der Waals surface area contributed by atoms with Crippen LogP contribution >= 0.6 is 22.9 Å². The van der Waals surface area contributed by atoms with Gasteiger partial charge in [0.1, 0.15) is 0 Å². The number of thiophene rings is 1. The van der Waals surface area contributed by atoms with Crippen LogP contribution in [0.15, 0.2) is 47.4 Å². The molecule has 9 heteroatoms. The quantitative estimate of drug-likeness (QED) is 0.335. The monoisotopic (exact) mass is 441 g/mol. The van der Waals surface area contributed by atoms with Crippen LogP contribution in [0.2, 0.25) is 4.34 Å². The Bertz CT molecular complexity index is 960. The van der Waals surface area contributed by atoms with Crippen LogP contribution in [-0.2, 0) is 19.6 Å². The lowest BCUT2D eigenvalue weighted by molar-refractivity contribution is -0.136. The number of benzene rings is 1. The maximum atomic E-state index is 12.4. The third kappa shape index (κ3) is 5.75. The molecule has 0 aliphatic carbocycles. The molecule has 0 bridgehead atoms. The second-order valence-electron chi connectivity index (χ2n) is 5.63. The number of carbonyl (C=O) groups is 2. The highest BCUT2D eigenvalue weighted by Gasteiger charge is 2.20. The number of rotatable bonds is 9. The number of ether oxygens (including phenoxy) is 1. The average Bonchev–Trinajstić information content (AvgIpc) is 3.12. The molecule has 0 saturated heterocycles. The number of halogens is 1. The van der Waals surface area contributed by atoms with Gasteiger partial charge in [0.25, 0.3) is 0 Å². The minimum absolute atomic E-state index is 0.191. The van der Waals surface area contributed by atoms with Crippen molar-refractivity contribution in [2.45, 2.75) is 18.7 Å². The van der Waals surface area contributed by atoms with Crippen molar-refractivity contribution in [1.82, 2.24) is 4.31 Å². The SMILES string of the molecule is CCN(CC)S(=O)(=O)c1ccc(/C=C/C(=O)OCC(=O)c2ccc(Cl)s2)cc1. The van der Waals surface area contributed by atoms with E-state index in [2.05, 4.69) is 0 Å². The lowest BCUT2D eigenvalue weighted by Gasteiger charge is -2.18. The van der Waals surface area contributed by atoms with E-state index in [4.69, 9.17) is 16.3 Å². The largest absolute Gasteiger partial charge is 0.454 e. The third-order valence-electron chi connectivity index (χ3n) is 3.83. The highest BCUT2D eigenvalue weighted by molar-refractivity contribution is 7.89. The normalized spacial score (nSPS) is 11.9. The average molecular weight is 442 g/mol. The van der Waals surface area contributed by atoms with E-state index in [1.54, 1.807) is 38.1 Å². The van der Waals surface area contributed by atoms with Crippen LogP contribution in [0.3, 0.4) is 0 Å². The zero-order chi connectivity index (χ0) is 20.7. The van der Waals surface area contributed by atoms with Crippen LogP contribution in [0.4, 0.5) is 0 Å². The van der Waals surface area contributed by atoms with E-state index < -0.39 is 16.0 Å². The molecular formula is C19H20ClNO5S2. The Morgan fingerprint density at radius 1 is 1.11 bits per heavy atom. The summed E-state index contributed by atoms with van der Waals surface area (Å²) in [6, 6.07) is 9.35. The molecule has 0 spiro atoms. The maximum absolute atomic E-state index is 12.4. The van der Waals surface area contributed by atoms with E-state index in [1.165, 1.54) is 28.6 Å². The lowest BCUT2D eigenvalue weighted by atomic mass is 10.2. The van der Waals surface area contributed by atoms with Gasteiger partial charge >= 0.3 is 5.97 Å². The first-order valence-electron chi connectivity index (χ1n) is 8.51. The van der Waals surface area contributed by atoms with Crippen LogP contribution in [0.5, 0.6) is 0 Å². The molecule has 1 heterocycles. The van der Waals surface area contributed by atoms with Crippen molar-refractivity contribution >= 4 is 50.8 Å². The van der Waals surface area contributed by atoms with Gasteiger partial charge in [0, 0.05) is 19.2 Å². The predicted molar refractivity (Wildman–Crippen MR) is 110 cm³/mol. The van der Waals surface area contributed by atoms with Crippen molar-refractivity contribution in [3.05, 3.63) is 57.3 Å². The van der Waals surface area contributed by atoms with Crippen molar-refractivity contribution in [1.29, 1.82) is 0 Å². The van der Waals surface area contributed by atoms with Crippen LogP contribution in [0.1, 0.15) is 29.1 Å². The van der Waals surface area contributed by atoms with Gasteiger partial charge in [0.15, 0.2) is 6.61 Å². The van der Waals surface area contributed by atoms with Gasteiger partial charge in [-0.05, 0) is 35.9 Å². The van der Waals surface area contributed by atoms with Crippen molar-refractivity contribution < 1.29 is 22.7 Å². The summed E-state index contributed by atoms with van der Waals surface area (Å²) < 4.78 is 31.6. The zero-order valence-corrected chi connectivity index (χ0v) is 17.8. The molecule has 0 amide bonds. The van der Waals surface area contributed by atoms with Crippen molar-refractivity contribution in [3.63, 3.8) is 0 Å². The first-order valence-corrected chi connectivity index (χ1v) is 11.1. The summed E-state index contributed by atoms with van der Waals surface area (Å²) in [5.41, 5.74) is 0.631. The summed E-state index contributed by atoms with van der Waals surface area (Å²) in [6.45, 7) is 3.97. The van der Waals surface area contributed by atoms with Crippen molar-refractivity contribution in [2.75, 3.05) is 19.7 Å². The summed E-state index contributed by atoms with van der Waals surface area (Å²) in [6.07, 6.45) is 2.67. The van der Waals surface area contributed by atoms with Gasteiger partial charge in [0.05, 0.1) is 14.1 Å². The van der Waals surface area contributed by atoms with Gasteiger partial charge in [-0.3, -0.25) is 4.79 Å². The van der Waals surface area contributed by atoms with E-state index in [9.17, 15) is 18.0 Å². The highest BCUT2D eigenvalue weighted by atomic mass is 35.5. The Hall–Kier alpha value is -2.00. The first kappa shape index (κ1) is 22.3. The fourth-order valence-corrected chi connectivity index (χ4v) is 4.77. The maximum Gasteiger partial charge on any atom is 0.331 e. The molecule has 150 valence electrons. The number of hydrogen-bond acceptors (Lipinski definition) is 6. The Morgan fingerprint density at radius 2 is 1.75 bits per heavy atom. The molecule has 1 aromatic heterocycles. The van der Waals surface area contributed by atoms with Crippen LogP contribution in [0.25, 0.3) is 6.08 Å². The number of hydrogen-bond donors (Lipinski definition) is 0. The topological polar surface area (TPSA) is 80.8 Å². The van der Waals surface area contributed by atoms with E-state index >= 15 is 0 Å². The smallest absolute Gasteiger partial charge is 0.331 e. The second kappa shape index (κ2) is 9.97. The van der Waals surface area contributed by atoms with Gasteiger partial charge in [-0.1, -0.05) is 37.6 Å². The number of nitrogens with zero attached hydrogens (tertiary/aromatic N) is 1. The highest BCUT2D eigenvalue weighted by Crippen LogP contribution is 2.21. The Labute approximate surface area is 173 Å². The first-order chi connectivity index (χ1) is 13.3. The number of carbonyl (C=O) groups excluding carboxylic acids is 2. The van der Waals surface area contributed by atoms with Gasteiger partial charge in [-0.25, -0.2) is 13.2 Å². The number of ketones is 1. The molecule has 0 radical (unpaired) electrons. The minimum Gasteiger partial charge on any atom is -0.454 e. The molecule has 0 atom stereocenters. The molecule has 0 aliphatic rings. The molecule has 2 aromatic rings.